The molecule has 0 unspecified atom stereocenters. The first-order valence-corrected chi connectivity index (χ1v) is 5.08. The van der Waals surface area contributed by atoms with Gasteiger partial charge >= 0.3 is 0 Å². The van der Waals surface area contributed by atoms with E-state index in [1.807, 2.05) is 0 Å². The lowest BCUT2D eigenvalue weighted by atomic mass is 10.1. The molecule has 0 amide bonds. The van der Waals surface area contributed by atoms with Gasteiger partial charge in [-0.2, -0.15) is 0 Å². The Bertz CT molecular complexity index is 253. The van der Waals surface area contributed by atoms with Gasteiger partial charge in [-0.05, 0) is 38.0 Å². The van der Waals surface area contributed by atoms with E-state index >= 15 is 0 Å². The van der Waals surface area contributed by atoms with Crippen molar-refractivity contribution in [2.75, 3.05) is 5.32 Å². The van der Waals surface area contributed by atoms with Crippen molar-refractivity contribution in [3.05, 3.63) is 29.8 Å². The molecule has 0 spiro atoms. The third-order valence-corrected chi connectivity index (χ3v) is 1.92. The normalized spacial score (nSPS) is 10.5. The number of hydrogen-bond acceptors (Lipinski definition) is 1. The predicted molar refractivity (Wildman–Crippen MR) is 59.2 cm³/mol. The number of rotatable bonds is 4. The highest BCUT2D eigenvalue weighted by atomic mass is 14.9. The molecular formula is C12H19N. The van der Waals surface area contributed by atoms with Crippen LogP contribution < -0.4 is 5.32 Å². The summed E-state index contributed by atoms with van der Waals surface area (Å²) in [7, 11) is 0. The molecule has 0 aliphatic carbocycles. The van der Waals surface area contributed by atoms with E-state index in [-0.39, 0.29) is 0 Å². The van der Waals surface area contributed by atoms with Crippen LogP contribution in [0.25, 0.3) is 0 Å². The minimum absolute atomic E-state index is 0.511. The van der Waals surface area contributed by atoms with Crippen LogP contribution in [-0.2, 0) is 6.42 Å². The molecule has 72 valence electrons. The highest BCUT2D eigenvalue weighted by Crippen LogP contribution is 2.12. The Balaban J connectivity index is 2.67. The number of anilines is 1. The zero-order chi connectivity index (χ0) is 9.68. The second kappa shape index (κ2) is 4.90. The highest BCUT2D eigenvalue weighted by Gasteiger charge is 1.96. The Morgan fingerprint density at radius 3 is 2.69 bits per heavy atom. The molecule has 0 radical (unpaired) electrons. The molecule has 0 aliphatic rings. The van der Waals surface area contributed by atoms with Crippen molar-refractivity contribution >= 4 is 5.69 Å². The summed E-state index contributed by atoms with van der Waals surface area (Å²) in [4.78, 5) is 0. The lowest BCUT2D eigenvalue weighted by molar-refractivity contribution is 0.893. The maximum Gasteiger partial charge on any atom is 0.0344 e. The van der Waals surface area contributed by atoms with Crippen molar-refractivity contribution in [1.29, 1.82) is 0 Å². The van der Waals surface area contributed by atoms with E-state index in [0.29, 0.717) is 6.04 Å². The van der Waals surface area contributed by atoms with Crippen LogP contribution in [0.3, 0.4) is 0 Å². The first-order valence-electron chi connectivity index (χ1n) is 5.08. The van der Waals surface area contributed by atoms with Crippen LogP contribution in [0.1, 0.15) is 32.8 Å². The molecule has 1 N–H and O–H groups in total. The van der Waals surface area contributed by atoms with E-state index in [9.17, 15) is 0 Å². The molecule has 1 aromatic carbocycles. The fraction of sp³-hybridized carbons (Fsp3) is 0.500. The summed E-state index contributed by atoms with van der Waals surface area (Å²) in [6.45, 7) is 6.53. The van der Waals surface area contributed by atoms with Gasteiger partial charge in [0.25, 0.3) is 0 Å². The molecule has 1 rings (SSSR count). The van der Waals surface area contributed by atoms with Gasteiger partial charge in [-0.3, -0.25) is 0 Å². The number of hydrogen-bond donors (Lipinski definition) is 1. The minimum atomic E-state index is 0.511. The average molecular weight is 177 g/mol. The van der Waals surface area contributed by atoms with Gasteiger partial charge in [-0.1, -0.05) is 25.5 Å². The zero-order valence-corrected chi connectivity index (χ0v) is 8.80. The van der Waals surface area contributed by atoms with Crippen LogP contribution in [0.2, 0.25) is 0 Å². The smallest absolute Gasteiger partial charge is 0.0344 e. The molecule has 0 heterocycles. The maximum atomic E-state index is 3.40. The van der Waals surface area contributed by atoms with Crippen LogP contribution in [0, 0.1) is 0 Å². The molecule has 0 fully saturated rings. The van der Waals surface area contributed by atoms with Gasteiger partial charge in [0.2, 0.25) is 0 Å². The van der Waals surface area contributed by atoms with Gasteiger partial charge in [-0.25, -0.2) is 0 Å². The van der Waals surface area contributed by atoms with Crippen LogP contribution in [0.15, 0.2) is 24.3 Å². The van der Waals surface area contributed by atoms with E-state index in [0.717, 1.165) is 0 Å². The summed E-state index contributed by atoms with van der Waals surface area (Å²) in [5, 5.41) is 3.40. The molecule has 13 heavy (non-hydrogen) atoms. The number of benzene rings is 1. The van der Waals surface area contributed by atoms with Crippen molar-refractivity contribution in [3.8, 4) is 0 Å². The predicted octanol–water partition coefficient (Wildman–Crippen LogP) is 3.46. The molecule has 0 saturated carbocycles. The summed E-state index contributed by atoms with van der Waals surface area (Å²) in [6.07, 6.45) is 2.39. The van der Waals surface area contributed by atoms with E-state index in [1.165, 1.54) is 24.1 Å². The van der Waals surface area contributed by atoms with Crippen LogP contribution >= 0.6 is 0 Å². The van der Waals surface area contributed by atoms with Gasteiger partial charge in [-0.15, -0.1) is 0 Å². The summed E-state index contributed by atoms with van der Waals surface area (Å²) in [6, 6.07) is 9.18. The lowest BCUT2D eigenvalue weighted by Gasteiger charge is -2.10. The van der Waals surface area contributed by atoms with E-state index in [4.69, 9.17) is 0 Å². The van der Waals surface area contributed by atoms with Crippen molar-refractivity contribution in [2.24, 2.45) is 0 Å². The third kappa shape index (κ3) is 3.49. The van der Waals surface area contributed by atoms with Gasteiger partial charge in [0.15, 0.2) is 0 Å². The lowest BCUT2D eigenvalue weighted by Crippen LogP contribution is -2.09. The Hall–Kier alpha value is -0.980. The monoisotopic (exact) mass is 177 g/mol. The van der Waals surface area contributed by atoms with Crippen LogP contribution in [-0.4, -0.2) is 6.04 Å². The van der Waals surface area contributed by atoms with Crippen molar-refractivity contribution in [2.45, 2.75) is 39.7 Å². The van der Waals surface area contributed by atoms with Gasteiger partial charge in [0.05, 0.1) is 0 Å². The second-order valence-electron chi connectivity index (χ2n) is 3.75. The molecule has 0 atom stereocenters. The summed E-state index contributed by atoms with van der Waals surface area (Å²) in [5.41, 5.74) is 2.66. The molecule has 1 heteroatoms. The molecule has 0 saturated heterocycles. The zero-order valence-electron chi connectivity index (χ0n) is 8.80. The van der Waals surface area contributed by atoms with E-state index in [1.54, 1.807) is 0 Å². The van der Waals surface area contributed by atoms with Gasteiger partial charge in [0, 0.05) is 11.7 Å². The minimum Gasteiger partial charge on any atom is -0.383 e. The number of aryl methyl sites for hydroxylation is 1. The Kier molecular flexibility index (Phi) is 3.81. The van der Waals surface area contributed by atoms with E-state index < -0.39 is 0 Å². The van der Waals surface area contributed by atoms with Crippen molar-refractivity contribution in [1.82, 2.24) is 0 Å². The second-order valence-corrected chi connectivity index (χ2v) is 3.75. The summed E-state index contributed by atoms with van der Waals surface area (Å²) in [5.74, 6) is 0. The first kappa shape index (κ1) is 10.1. The highest BCUT2D eigenvalue weighted by molar-refractivity contribution is 5.46. The SMILES string of the molecule is CCCc1cccc(NC(C)C)c1. The first-order chi connectivity index (χ1) is 6.22. The number of nitrogens with one attached hydrogen (secondary N) is 1. The molecule has 0 bridgehead atoms. The van der Waals surface area contributed by atoms with E-state index in [2.05, 4.69) is 50.4 Å². The molecule has 1 aromatic rings. The van der Waals surface area contributed by atoms with Crippen molar-refractivity contribution in [3.63, 3.8) is 0 Å². The summed E-state index contributed by atoms with van der Waals surface area (Å²) < 4.78 is 0. The molecule has 0 aliphatic heterocycles. The third-order valence-electron chi connectivity index (χ3n) is 1.92. The van der Waals surface area contributed by atoms with Crippen LogP contribution in [0.5, 0.6) is 0 Å². The standard InChI is InChI=1S/C12H19N/c1-4-6-11-7-5-8-12(9-11)13-10(2)3/h5,7-10,13H,4,6H2,1-3H3. The van der Waals surface area contributed by atoms with Crippen molar-refractivity contribution < 1.29 is 0 Å². The quantitative estimate of drug-likeness (QED) is 0.742. The molecular weight excluding hydrogens is 158 g/mol. The molecule has 0 aromatic heterocycles. The Morgan fingerprint density at radius 2 is 2.08 bits per heavy atom. The average Bonchev–Trinajstić information content (AvgIpc) is 2.04. The topological polar surface area (TPSA) is 12.0 Å². The fourth-order valence-electron chi connectivity index (χ4n) is 1.44. The maximum absolute atomic E-state index is 3.40. The Morgan fingerprint density at radius 1 is 1.31 bits per heavy atom. The van der Waals surface area contributed by atoms with Gasteiger partial charge in [0.1, 0.15) is 0 Å². The Labute approximate surface area is 81.2 Å². The largest absolute Gasteiger partial charge is 0.383 e. The molecule has 1 nitrogen and oxygen atoms in total. The van der Waals surface area contributed by atoms with Gasteiger partial charge < -0.3 is 5.32 Å². The fourth-order valence-corrected chi connectivity index (χ4v) is 1.44. The van der Waals surface area contributed by atoms with Crippen LogP contribution in [0.4, 0.5) is 5.69 Å². The summed E-state index contributed by atoms with van der Waals surface area (Å²) >= 11 is 0.